The number of hydrogen-bond donors (Lipinski definition) is 1. The van der Waals surface area contributed by atoms with Gasteiger partial charge in [0, 0.05) is 19.6 Å². The van der Waals surface area contributed by atoms with Crippen LogP contribution in [0.4, 0.5) is 0 Å². The van der Waals surface area contributed by atoms with E-state index in [1.54, 1.807) is 0 Å². The molecule has 1 aliphatic heterocycles. The fourth-order valence-electron chi connectivity index (χ4n) is 2.79. The zero-order chi connectivity index (χ0) is 13.7. The maximum absolute atomic E-state index is 3.58. The molecule has 0 radical (unpaired) electrons. The van der Waals surface area contributed by atoms with Crippen molar-refractivity contribution in [1.82, 2.24) is 10.2 Å². The van der Waals surface area contributed by atoms with Crippen molar-refractivity contribution >= 4 is 0 Å². The first-order valence-electron chi connectivity index (χ1n) is 7.64. The van der Waals surface area contributed by atoms with Crippen LogP contribution in [-0.4, -0.2) is 31.1 Å². The summed E-state index contributed by atoms with van der Waals surface area (Å²) in [5.74, 6) is 0.930. The van der Waals surface area contributed by atoms with E-state index in [4.69, 9.17) is 0 Å². The minimum atomic E-state index is 0.930. The molecule has 0 unspecified atom stereocenters. The van der Waals surface area contributed by atoms with Gasteiger partial charge in [0.15, 0.2) is 0 Å². The van der Waals surface area contributed by atoms with Gasteiger partial charge in [0.25, 0.3) is 0 Å². The van der Waals surface area contributed by atoms with E-state index in [0.29, 0.717) is 0 Å². The zero-order valence-electron chi connectivity index (χ0n) is 12.7. The molecule has 1 aliphatic rings. The highest BCUT2D eigenvalue weighted by atomic mass is 15.1. The molecule has 0 atom stereocenters. The number of nitrogens with one attached hydrogen (secondary N) is 1. The van der Waals surface area contributed by atoms with Gasteiger partial charge in [0.2, 0.25) is 0 Å². The molecule has 1 saturated heterocycles. The number of likely N-dealkylation sites (tertiary alicyclic amines) is 1. The van der Waals surface area contributed by atoms with Crippen LogP contribution in [0.5, 0.6) is 0 Å². The summed E-state index contributed by atoms with van der Waals surface area (Å²) in [6.45, 7) is 12.6. The lowest BCUT2D eigenvalue weighted by Crippen LogP contribution is -2.37. The van der Waals surface area contributed by atoms with Crippen LogP contribution in [0.3, 0.4) is 0 Å². The Morgan fingerprint density at radius 3 is 2.63 bits per heavy atom. The van der Waals surface area contributed by atoms with Crippen molar-refractivity contribution in [2.45, 2.75) is 40.2 Å². The van der Waals surface area contributed by atoms with Gasteiger partial charge in [-0.15, -0.1) is 0 Å². The van der Waals surface area contributed by atoms with E-state index in [1.807, 2.05) is 0 Å². The van der Waals surface area contributed by atoms with E-state index in [-0.39, 0.29) is 0 Å². The maximum atomic E-state index is 3.58. The molecule has 0 aromatic heterocycles. The van der Waals surface area contributed by atoms with Crippen LogP contribution in [0.2, 0.25) is 0 Å². The minimum Gasteiger partial charge on any atom is -0.311 e. The Morgan fingerprint density at radius 1 is 1.21 bits per heavy atom. The van der Waals surface area contributed by atoms with Crippen molar-refractivity contribution in [3.05, 3.63) is 34.9 Å². The molecule has 1 fully saturated rings. The molecule has 1 N–H and O–H groups in total. The van der Waals surface area contributed by atoms with Crippen LogP contribution in [0.25, 0.3) is 0 Å². The molecule has 106 valence electrons. The number of benzene rings is 1. The highest BCUT2D eigenvalue weighted by Gasteiger charge is 2.14. The zero-order valence-corrected chi connectivity index (χ0v) is 12.7. The summed E-state index contributed by atoms with van der Waals surface area (Å²) in [7, 11) is 0. The lowest BCUT2D eigenvalue weighted by Gasteiger charge is -2.30. The molecule has 0 bridgehead atoms. The number of hydrogen-bond acceptors (Lipinski definition) is 2. The molecule has 0 saturated carbocycles. The molecule has 1 heterocycles. The average molecular weight is 260 g/mol. The summed E-state index contributed by atoms with van der Waals surface area (Å²) < 4.78 is 0. The van der Waals surface area contributed by atoms with Crippen molar-refractivity contribution in [3.63, 3.8) is 0 Å². The Balaban J connectivity index is 1.66. The third-order valence-corrected chi connectivity index (χ3v) is 4.29. The van der Waals surface area contributed by atoms with E-state index in [1.165, 1.54) is 49.2 Å². The van der Waals surface area contributed by atoms with Crippen LogP contribution < -0.4 is 5.32 Å². The normalized spacial score (nSPS) is 17.8. The number of rotatable bonds is 5. The number of nitrogens with zero attached hydrogens (tertiary/aromatic N) is 1. The van der Waals surface area contributed by atoms with Gasteiger partial charge in [-0.2, -0.15) is 0 Å². The molecule has 2 nitrogen and oxygen atoms in total. The molecule has 1 aromatic rings. The van der Waals surface area contributed by atoms with Crippen LogP contribution in [0, 0.1) is 19.8 Å². The third kappa shape index (κ3) is 4.63. The lowest BCUT2D eigenvalue weighted by atomic mass is 9.99. The van der Waals surface area contributed by atoms with Gasteiger partial charge in [-0.25, -0.2) is 0 Å². The smallest absolute Gasteiger partial charge is 0.0208 e. The van der Waals surface area contributed by atoms with Gasteiger partial charge < -0.3 is 10.2 Å². The highest BCUT2D eigenvalue weighted by Crippen LogP contribution is 2.15. The van der Waals surface area contributed by atoms with E-state index in [2.05, 4.69) is 49.2 Å². The lowest BCUT2D eigenvalue weighted by molar-refractivity contribution is 0.193. The molecule has 0 spiro atoms. The Labute approximate surface area is 118 Å². The predicted molar refractivity (Wildman–Crippen MR) is 82.5 cm³/mol. The third-order valence-electron chi connectivity index (χ3n) is 4.29. The monoisotopic (exact) mass is 260 g/mol. The summed E-state index contributed by atoms with van der Waals surface area (Å²) in [5, 5.41) is 3.58. The van der Waals surface area contributed by atoms with Crippen LogP contribution in [-0.2, 0) is 6.54 Å². The summed E-state index contributed by atoms with van der Waals surface area (Å²) in [6, 6.07) is 6.72. The van der Waals surface area contributed by atoms with E-state index < -0.39 is 0 Å². The predicted octanol–water partition coefficient (Wildman–Crippen LogP) is 3.12. The average Bonchev–Trinajstić information content (AvgIpc) is 2.39. The van der Waals surface area contributed by atoms with E-state index >= 15 is 0 Å². The second-order valence-electron chi connectivity index (χ2n) is 6.13. The van der Waals surface area contributed by atoms with Gasteiger partial charge in [-0.05, 0) is 56.8 Å². The molecule has 2 rings (SSSR count). The fourth-order valence-corrected chi connectivity index (χ4v) is 2.79. The molecule has 2 heteroatoms. The Kier molecular flexibility index (Phi) is 5.41. The Morgan fingerprint density at radius 2 is 1.95 bits per heavy atom. The first kappa shape index (κ1) is 14.5. The molecular formula is C17H28N2. The van der Waals surface area contributed by atoms with Gasteiger partial charge in [0.1, 0.15) is 0 Å². The largest absolute Gasteiger partial charge is 0.311 e. The minimum absolute atomic E-state index is 0.930. The first-order valence-corrected chi connectivity index (χ1v) is 7.64. The second-order valence-corrected chi connectivity index (χ2v) is 6.13. The summed E-state index contributed by atoms with van der Waals surface area (Å²) in [4.78, 5) is 2.59. The molecular weight excluding hydrogens is 232 g/mol. The summed E-state index contributed by atoms with van der Waals surface area (Å²) in [5.41, 5.74) is 4.18. The number of aryl methyl sites for hydroxylation is 2. The van der Waals surface area contributed by atoms with Crippen LogP contribution in [0.1, 0.15) is 36.5 Å². The van der Waals surface area contributed by atoms with E-state index in [0.717, 1.165) is 19.0 Å². The SMILES string of the molecule is Cc1ccc(CNCCN2CCC(C)CC2)c(C)c1. The Bertz CT molecular complexity index is 392. The first-order chi connectivity index (χ1) is 9.15. The fraction of sp³-hybridized carbons (Fsp3) is 0.647. The second kappa shape index (κ2) is 7.06. The van der Waals surface area contributed by atoms with Gasteiger partial charge >= 0.3 is 0 Å². The highest BCUT2D eigenvalue weighted by molar-refractivity contribution is 5.30. The van der Waals surface area contributed by atoms with Crippen LogP contribution in [0.15, 0.2) is 18.2 Å². The maximum Gasteiger partial charge on any atom is 0.0208 e. The van der Waals surface area contributed by atoms with E-state index in [9.17, 15) is 0 Å². The van der Waals surface area contributed by atoms with Crippen molar-refractivity contribution in [2.24, 2.45) is 5.92 Å². The summed E-state index contributed by atoms with van der Waals surface area (Å²) >= 11 is 0. The van der Waals surface area contributed by atoms with Crippen LogP contribution >= 0.6 is 0 Å². The van der Waals surface area contributed by atoms with Gasteiger partial charge in [0.05, 0.1) is 0 Å². The molecule has 0 amide bonds. The standard InChI is InChI=1S/C17H28N2/c1-14-6-9-19(10-7-14)11-8-18-13-17-5-4-15(2)12-16(17)3/h4-5,12,14,18H,6-11,13H2,1-3H3. The topological polar surface area (TPSA) is 15.3 Å². The molecule has 0 aliphatic carbocycles. The van der Waals surface area contributed by atoms with Crippen molar-refractivity contribution in [1.29, 1.82) is 0 Å². The summed E-state index contributed by atoms with van der Waals surface area (Å²) in [6.07, 6.45) is 2.74. The van der Waals surface area contributed by atoms with Gasteiger partial charge in [-0.3, -0.25) is 0 Å². The molecule has 1 aromatic carbocycles. The van der Waals surface area contributed by atoms with Crippen molar-refractivity contribution < 1.29 is 0 Å². The van der Waals surface area contributed by atoms with Crippen molar-refractivity contribution in [3.8, 4) is 0 Å². The number of piperidine rings is 1. The van der Waals surface area contributed by atoms with Crippen molar-refractivity contribution in [2.75, 3.05) is 26.2 Å². The molecule has 19 heavy (non-hydrogen) atoms. The Hall–Kier alpha value is -0.860. The quantitative estimate of drug-likeness (QED) is 0.818. The van der Waals surface area contributed by atoms with Gasteiger partial charge in [-0.1, -0.05) is 30.7 Å².